The van der Waals surface area contributed by atoms with Gasteiger partial charge in [-0.2, -0.15) is 0 Å². The van der Waals surface area contributed by atoms with E-state index in [2.05, 4.69) is 10.6 Å². The summed E-state index contributed by atoms with van der Waals surface area (Å²) in [6.07, 6.45) is 1.19. The van der Waals surface area contributed by atoms with Gasteiger partial charge in [0.2, 0.25) is 5.91 Å². The lowest BCUT2D eigenvalue weighted by Crippen LogP contribution is -2.46. The quantitative estimate of drug-likeness (QED) is 0.850. The molecule has 0 saturated carbocycles. The van der Waals surface area contributed by atoms with Crippen LogP contribution in [0.1, 0.15) is 12.8 Å². The highest BCUT2D eigenvalue weighted by molar-refractivity contribution is 5.94. The molecule has 1 saturated heterocycles. The van der Waals surface area contributed by atoms with Gasteiger partial charge in [0.25, 0.3) is 0 Å². The van der Waals surface area contributed by atoms with E-state index in [4.69, 9.17) is 4.74 Å². The molecule has 2 aromatic rings. The van der Waals surface area contributed by atoms with Gasteiger partial charge < -0.3 is 15.4 Å². The van der Waals surface area contributed by atoms with Gasteiger partial charge in [-0.15, -0.1) is 0 Å². The highest BCUT2D eigenvalue weighted by atomic mass is 16.5. The smallest absolute Gasteiger partial charge is 0.321 e. The predicted octanol–water partition coefficient (Wildman–Crippen LogP) is 3.01. The van der Waals surface area contributed by atoms with Crippen LogP contribution in [0.4, 0.5) is 16.2 Å². The molecule has 1 heterocycles. The lowest BCUT2D eigenvalue weighted by atomic mass is 10.2. The van der Waals surface area contributed by atoms with Crippen molar-refractivity contribution in [1.29, 1.82) is 0 Å². The summed E-state index contributed by atoms with van der Waals surface area (Å²) in [5.41, 5.74) is 1.52. The Kier molecular flexibility index (Phi) is 5.51. The van der Waals surface area contributed by atoms with Gasteiger partial charge in [-0.3, -0.25) is 9.69 Å². The fourth-order valence-corrected chi connectivity index (χ4v) is 2.60. The number of amides is 3. The average molecular weight is 339 g/mol. The molecule has 1 aliphatic heterocycles. The minimum absolute atomic E-state index is 0.0823. The molecule has 0 unspecified atom stereocenters. The van der Waals surface area contributed by atoms with Gasteiger partial charge in [-0.1, -0.05) is 18.2 Å². The molecule has 3 amide bonds. The molecule has 6 heteroatoms. The first kappa shape index (κ1) is 16.8. The van der Waals surface area contributed by atoms with E-state index in [1.807, 2.05) is 42.5 Å². The van der Waals surface area contributed by atoms with Crippen LogP contribution in [0.2, 0.25) is 0 Å². The number of hydrogen-bond donors (Lipinski definition) is 2. The van der Waals surface area contributed by atoms with Crippen molar-refractivity contribution < 1.29 is 14.3 Å². The van der Waals surface area contributed by atoms with Crippen molar-refractivity contribution in [3.05, 3.63) is 54.6 Å². The number of ether oxygens (including phenoxy) is 1. The summed E-state index contributed by atoms with van der Waals surface area (Å²) in [4.78, 5) is 25.5. The summed E-state index contributed by atoms with van der Waals surface area (Å²) >= 11 is 0. The third kappa shape index (κ3) is 4.73. The summed E-state index contributed by atoms with van der Waals surface area (Å²) < 4.78 is 5.51. The molecule has 0 aliphatic carbocycles. The SMILES string of the molecule is O=C(CCOc1ccccc1)Nc1ccc(N2CCCNC2=O)cc1. The second-order valence-corrected chi connectivity index (χ2v) is 5.74. The minimum Gasteiger partial charge on any atom is -0.493 e. The molecule has 0 aromatic heterocycles. The van der Waals surface area contributed by atoms with Crippen LogP contribution in [0.25, 0.3) is 0 Å². The third-order valence-corrected chi connectivity index (χ3v) is 3.88. The molecular formula is C19H21N3O3. The number of hydrogen-bond acceptors (Lipinski definition) is 3. The third-order valence-electron chi connectivity index (χ3n) is 3.88. The highest BCUT2D eigenvalue weighted by Gasteiger charge is 2.18. The van der Waals surface area contributed by atoms with Crippen LogP contribution in [0, 0.1) is 0 Å². The molecule has 3 rings (SSSR count). The van der Waals surface area contributed by atoms with E-state index in [1.165, 1.54) is 0 Å². The van der Waals surface area contributed by atoms with Gasteiger partial charge in [0, 0.05) is 24.5 Å². The fraction of sp³-hybridized carbons (Fsp3) is 0.263. The molecule has 0 bridgehead atoms. The van der Waals surface area contributed by atoms with Gasteiger partial charge in [0.15, 0.2) is 0 Å². The molecule has 2 N–H and O–H groups in total. The molecule has 6 nitrogen and oxygen atoms in total. The van der Waals surface area contributed by atoms with Crippen molar-refractivity contribution in [2.45, 2.75) is 12.8 Å². The Morgan fingerprint density at radius 1 is 1.12 bits per heavy atom. The van der Waals surface area contributed by atoms with Crippen LogP contribution < -0.4 is 20.3 Å². The monoisotopic (exact) mass is 339 g/mol. The largest absolute Gasteiger partial charge is 0.493 e. The molecule has 1 aliphatic rings. The molecule has 0 radical (unpaired) electrons. The maximum atomic E-state index is 12.0. The Balaban J connectivity index is 1.47. The zero-order valence-electron chi connectivity index (χ0n) is 13.9. The van der Waals surface area contributed by atoms with E-state index in [0.717, 1.165) is 17.9 Å². The second-order valence-electron chi connectivity index (χ2n) is 5.74. The fourth-order valence-electron chi connectivity index (χ4n) is 2.60. The number of benzene rings is 2. The van der Waals surface area contributed by atoms with Crippen LogP contribution in [0.3, 0.4) is 0 Å². The van der Waals surface area contributed by atoms with E-state index >= 15 is 0 Å². The zero-order valence-corrected chi connectivity index (χ0v) is 13.9. The van der Waals surface area contributed by atoms with E-state index in [1.54, 1.807) is 17.0 Å². The summed E-state index contributed by atoms with van der Waals surface area (Å²) in [6.45, 7) is 1.74. The number of nitrogens with one attached hydrogen (secondary N) is 2. The highest BCUT2D eigenvalue weighted by Crippen LogP contribution is 2.20. The van der Waals surface area contributed by atoms with Crippen LogP contribution in [-0.4, -0.2) is 31.6 Å². The van der Waals surface area contributed by atoms with E-state index in [0.29, 0.717) is 25.4 Å². The summed E-state index contributed by atoms with van der Waals surface area (Å²) in [7, 11) is 0. The Morgan fingerprint density at radius 2 is 1.88 bits per heavy atom. The van der Waals surface area contributed by atoms with Crippen molar-refractivity contribution in [2.75, 3.05) is 29.9 Å². The predicted molar refractivity (Wildman–Crippen MR) is 97.0 cm³/mol. The van der Waals surface area contributed by atoms with Gasteiger partial charge in [-0.05, 0) is 42.8 Å². The van der Waals surface area contributed by atoms with Crippen molar-refractivity contribution in [3.8, 4) is 5.75 Å². The molecule has 0 spiro atoms. The first-order valence-electron chi connectivity index (χ1n) is 8.35. The van der Waals surface area contributed by atoms with Crippen molar-refractivity contribution in [3.63, 3.8) is 0 Å². The Hall–Kier alpha value is -3.02. The van der Waals surface area contributed by atoms with Crippen molar-refractivity contribution in [1.82, 2.24) is 5.32 Å². The Bertz CT molecular complexity index is 716. The standard InChI is InChI=1S/C19H21N3O3/c23-18(11-14-25-17-5-2-1-3-6-17)21-15-7-9-16(10-8-15)22-13-4-12-20-19(22)24/h1-3,5-10H,4,11-14H2,(H,20,24)(H,21,23). The number of para-hydroxylation sites is 1. The average Bonchev–Trinajstić information content (AvgIpc) is 2.64. The van der Waals surface area contributed by atoms with E-state index < -0.39 is 0 Å². The van der Waals surface area contributed by atoms with Crippen LogP contribution >= 0.6 is 0 Å². The lowest BCUT2D eigenvalue weighted by Gasteiger charge is -2.27. The van der Waals surface area contributed by atoms with Crippen LogP contribution in [0.5, 0.6) is 5.75 Å². The maximum absolute atomic E-state index is 12.0. The first-order chi connectivity index (χ1) is 12.2. The molecule has 130 valence electrons. The maximum Gasteiger partial charge on any atom is 0.321 e. The Labute approximate surface area is 146 Å². The number of carbonyl (C=O) groups excluding carboxylic acids is 2. The molecule has 0 atom stereocenters. The summed E-state index contributed by atoms with van der Waals surface area (Å²) in [6, 6.07) is 16.6. The van der Waals surface area contributed by atoms with Gasteiger partial charge in [-0.25, -0.2) is 4.79 Å². The number of anilines is 2. The topological polar surface area (TPSA) is 70.7 Å². The summed E-state index contributed by atoms with van der Waals surface area (Å²) in [5.74, 6) is 0.638. The molecule has 1 fully saturated rings. The Morgan fingerprint density at radius 3 is 2.60 bits per heavy atom. The molecule has 2 aromatic carbocycles. The number of carbonyl (C=O) groups is 2. The minimum atomic E-state index is -0.112. The van der Waals surface area contributed by atoms with Gasteiger partial charge in [0.1, 0.15) is 5.75 Å². The first-order valence-corrected chi connectivity index (χ1v) is 8.35. The van der Waals surface area contributed by atoms with Crippen molar-refractivity contribution >= 4 is 23.3 Å². The normalized spacial score (nSPS) is 13.9. The van der Waals surface area contributed by atoms with Gasteiger partial charge >= 0.3 is 6.03 Å². The van der Waals surface area contributed by atoms with Crippen molar-refractivity contribution in [2.24, 2.45) is 0 Å². The second kappa shape index (κ2) is 8.19. The van der Waals surface area contributed by atoms with Crippen LogP contribution in [-0.2, 0) is 4.79 Å². The number of urea groups is 1. The molecular weight excluding hydrogens is 318 g/mol. The van der Waals surface area contributed by atoms with Crippen LogP contribution in [0.15, 0.2) is 54.6 Å². The zero-order chi connectivity index (χ0) is 17.5. The number of rotatable bonds is 6. The molecule has 25 heavy (non-hydrogen) atoms. The van der Waals surface area contributed by atoms with E-state index in [9.17, 15) is 9.59 Å². The van der Waals surface area contributed by atoms with Gasteiger partial charge in [0.05, 0.1) is 13.0 Å². The van der Waals surface area contributed by atoms with E-state index in [-0.39, 0.29) is 18.4 Å². The lowest BCUT2D eigenvalue weighted by molar-refractivity contribution is -0.116. The summed E-state index contributed by atoms with van der Waals surface area (Å²) in [5, 5.41) is 5.65. The number of nitrogens with zero attached hydrogens (tertiary/aromatic N) is 1.